The van der Waals surface area contributed by atoms with E-state index in [1.807, 2.05) is 20.0 Å². The molecule has 0 aliphatic heterocycles. The fourth-order valence-electron chi connectivity index (χ4n) is 4.53. The molecule has 2 atom stereocenters. The highest BCUT2D eigenvalue weighted by Gasteiger charge is 2.33. The SMILES string of the molecule is Cc1cc(CN(C)[C@H]2CCCC[C@@H]2N(C)c2nc(N)n3nc(-c4ccco4)nc3n2)no1. The molecule has 11 heteroatoms. The van der Waals surface area contributed by atoms with E-state index in [0.29, 0.717) is 29.4 Å². The second-order valence-corrected chi connectivity index (χ2v) is 8.38. The van der Waals surface area contributed by atoms with E-state index in [-0.39, 0.29) is 12.0 Å². The summed E-state index contributed by atoms with van der Waals surface area (Å²) >= 11 is 0. The molecule has 0 spiro atoms. The molecule has 0 bridgehead atoms. The quantitative estimate of drug-likeness (QED) is 0.480. The van der Waals surface area contributed by atoms with Crippen LogP contribution in [0.1, 0.15) is 37.1 Å². The fourth-order valence-corrected chi connectivity index (χ4v) is 4.53. The number of aromatic nitrogens is 6. The highest BCUT2D eigenvalue weighted by atomic mass is 16.5. The van der Waals surface area contributed by atoms with Gasteiger partial charge in [0.25, 0.3) is 5.78 Å². The van der Waals surface area contributed by atoms with E-state index < -0.39 is 0 Å². The normalized spacial score (nSPS) is 19.1. The zero-order chi connectivity index (χ0) is 22.2. The van der Waals surface area contributed by atoms with Crippen LogP contribution < -0.4 is 10.6 Å². The molecule has 2 N–H and O–H groups in total. The van der Waals surface area contributed by atoms with Gasteiger partial charge in [-0.25, -0.2) is 0 Å². The van der Waals surface area contributed by atoms with Crippen molar-refractivity contribution in [3.05, 3.63) is 35.9 Å². The molecule has 4 aromatic heterocycles. The summed E-state index contributed by atoms with van der Waals surface area (Å²) in [4.78, 5) is 18.1. The van der Waals surface area contributed by atoms with Gasteiger partial charge in [0.15, 0.2) is 5.76 Å². The van der Waals surface area contributed by atoms with Crippen molar-refractivity contribution in [2.75, 3.05) is 24.7 Å². The van der Waals surface area contributed by atoms with Gasteiger partial charge in [-0.2, -0.15) is 19.5 Å². The van der Waals surface area contributed by atoms with E-state index in [2.05, 4.69) is 42.1 Å². The third-order valence-electron chi connectivity index (χ3n) is 6.12. The average Bonchev–Trinajstić information content (AvgIpc) is 3.54. The lowest BCUT2D eigenvalue weighted by Crippen LogP contribution is -2.51. The first kappa shape index (κ1) is 20.4. The van der Waals surface area contributed by atoms with Crippen molar-refractivity contribution in [3.63, 3.8) is 0 Å². The lowest BCUT2D eigenvalue weighted by molar-refractivity contribution is 0.155. The highest BCUT2D eigenvalue weighted by molar-refractivity contribution is 5.53. The second-order valence-electron chi connectivity index (χ2n) is 8.38. The van der Waals surface area contributed by atoms with Gasteiger partial charge in [0.2, 0.25) is 17.7 Å². The Balaban J connectivity index is 1.41. The molecule has 1 fully saturated rings. The summed E-state index contributed by atoms with van der Waals surface area (Å²) in [7, 11) is 4.15. The van der Waals surface area contributed by atoms with Crippen LogP contribution in [0.2, 0.25) is 0 Å². The van der Waals surface area contributed by atoms with Gasteiger partial charge in [0.1, 0.15) is 5.76 Å². The molecular weight excluding hydrogens is 410 g/mol. The molecule has 0 aromatic carbocycles. The minimum Gasteiger partial charge on any atom is -0.461 e. The van der Waals surface area contributed by atoms with Crippen molar-refractivity contribution < 1.29 is 8.94 Å². The maximum Gasteiger partial charge on any atom is 0.259 e. The second kappa shape index (κ2) is 8.23. The number of likely N-dealkylation sites (N-methyl/N-ethyl adjacent to an activating group) is 2. The minimum atomic E-state index is 0.232. The Hall–Kier alpha value is -3.47. The van der Waals surface area contributed by atoms with Gasteiger partial charge in [0, 0.05) is 31.7 Å². The molecule has 32 heavy (non-hydrogen) atoms. The Morgan fingerprint density at radius 3 is 2.69 bits per heavy atom. The van der Waals surface area contributed by atoms with Gasteiger partial charge >= 0.3 is 0 Å². The van der Waals surface area contributed by atoms with Crippen LogP contribution >= 0.6 is 0 Å². The third kappa shape index (κ3) is 3.79. The molecule has 4 heterocycles. The summed E-state index contributed by atoms with van der Waals surface area (Å²) in [5, 5.41) is 8.53. The van der Waals surface area contributed by atoms with Crippen molar-refractivity contribution >= 4 is 17.7 Å². The van der Waals surface area contributed by atoms with Crippen LogP contribution in [0.15, 0.2) is 33.4 Å². The number of anilines is 2. The topological polar surface area (TPSA) is 128 Å². The van der Waals surface area contributed by atoms with E-state index in [1.54, 1.807) is 18.4 Å². The molecule has 1 aliphatic rings. The molecule has 0 saturated heterocycles. The van der Waals surface area contributed by atoms with E-state index in [4.69, 9.17) is 14.7 Å². The monoisotopic (exact) mass is 437 g/mol. The van der Waals surface area contributed by atoms with Crippen LogP contribution in [0.3, 0.4) is 0 Å². The first-order chi connectivity index (χ1) is 15.5. The van der Waals surface area contributed by atoms with E-state index >= 15 is 0 Å². The number of nitrogens with two attached hydrogens (primary N) is 1. The summed E-state index contributed by atoms with van der Waals surface area (Å²) in [5.41, 5.74) is 7.15. The molecule has 0 unspecified atom stereocenters. The summed E-state index contributed by atoms with van der Waals surface area (Å²) < 4.78 is 12.1. The Labute approximate surface area is 185 Å². The minimum absolute atomic E-state index is 0.232. The van der Waals surface area contributed by atoms with Crippen molar-refractivity contribution in [3.8, 4) is 11.6 Å². The van der Waals surface area contributed by atoms with E-state index in [0.717, 1.165) is 37.3 Å². The third-order valence-corrected chi connectivity index (χ3v) is 6.12. The summed E-state index contributed by atoms with van der Waals surface area (Å²) in [6, 6.07) is 6.12. The number of nitrogens with zero attached hydrogens (tertiary/aromatic N) is 8. The van der Waals surface area contributed by atoms with E-state index in [1.165, 1.54) is 10.9 Å². The Kier molecular flexibility index (Phi) is 5.25. The predicted molar refractivity (Wildman–Crippen MR) is 118 cm³/mol. The molecule has 5 rings (SSSR count). The molecule has 4 aromatic rings. The molecule has 0 amide bonds. The van der Waals surface area contributed by atoms with Gasteiger partial charge in [0.05, 0.1) is 12.0 Å². The zero-order valence-electron chi connectivity index (χ0n) is 18.5. The average molecular weight is 438 g/mol. The maximum absolute atomic E-state index is 6.21. The Morgan fingerprint density at radius 1 is 1.16 bits per heavy atom. The van der Waals surface area contributed by atoms with Gasteiger partial charge in [-0.15, -0.1) is 5.10 Å². The number of aryl methyl sites for hydroxylation is 1. The standard InChI is InChI=1S/C21H27N9O2/c1-13-11-14(27-32-13)12-28(2)15-7-4-5-8-16(15)29(3)20-24-19(22)30-21(25-20)23-18(26-30)17-9-6-10-31-17/h6,9-11,15-16H,4-5,7-8,12H2,1-3H3,(H2,22,23,24,25,26)/t15-,16-/m0/s1. The van der Waals surface area contributed by atoms with Crippen molar-refractivity contribution in [1.82, 2.24) is 34.6 Å². The molecular formula is C21H27N9O2. The summed E-state index contributed by atoms with van der Waals surface area (Å²) in [6.45, 7) is 2.64. The van der Waals surface area contributed by atoms with Crippen LogP contribution in [-0.2, 0) is 6.54 Å². The smallest absolute Gasteiger partial charge is 0.259 e. The van der Waals surface area contributed by atoms with Crippen LogP contribution in [-0.4, -0.2) is 60.8 Å². The number of furan rings is 1. The van der Waals surface area contributed by atoms with Crippen molar-refractivity contribution in [1.29, 1.82) is 0 Å². The van der Waals surface area contributed by atoms with Gasteiger partial charge < -0.3 is 19.6 Å². The molecule has 168 valence electrons. The van der Waals surface area contributed by atoms with Crippen molar-refractivity contribution in [2.45, 2.75) is 51.2 Å². The fraction of sp³-hybridized carbons (Fsp3) is 0.476. The maximum atomic E-state index is 6.21. The summed E-state index contributed by atoms with van der Waals surface area (Å²) in [5.74, 6) is 2.97. The van der Waals surface area contributed by atoms with Crippen molar-refractivity contribution in [2.24, 2.45) is 0 Å². The first-order valence-corrected chi connectivity index (χ1v) is 10.8. The van der Waals surface area contributed by atoms with Gasteiger partial charge in [-0.1, -0.05) is 18.0 Å². The lowest BCUT2D eigenvalue weighted by atomic mass is 9.88. The highest BCUT2D eigenvalue weighted by Crippen LogP contribution is 2.29. The van der Waals surface area contributed by atoms with E-state index in [9.17, 15) is 0 Å². The summed E-state index contributed by atoms with van der Waals surface area (Å²) in [6.07, 6.45) is 6.06. The van der Waals surface area contributed by atoms with Gasteiger partial charge in [-0.05, 0) is 38.9 Å². The number of fused-ring (bicyclic) bond motifs is 1. The van der Waals surface area contributed by atoms with Crippen LogP contribution in [0.5, 0.6) is 0 Å². The molecule has 1 saturated carbocycles. The molecule has 0 radical (unpaired) electrons. The van der Waals surface area contributed by atoms with Crippen LogP contribution in [0, 0.1) is 6.92 Å². The lowest BCUT2D eigenvalue weighted by Gasteiger charge is -2.42. The Bertz CT molecular complexity index is 1200. The Morgan fingerprint density at radius 2 is 1.97 bits per heavy atom. The van der Waals surface area contributed by atoms with Crippen LogP contribution in [0.25, 0.3) is 17.4 Å². The number of nitrogen functional groups attached to an aromatic ring is 1. The molecule has 11 nitrogen and oxygen atoms in total. The molecule has 1 aliphatic carbocycles. The first-order valence-electron chi connectivity index (χ1n) is 10.8. The number of hydrogen-bond donors (Lipinski definition) is 1. The van der Waals surface area contributed by atoms with Gasteiger partial charge in [-0.3, -0.25) is 4.90 Å². The number of hydrogen-bond acceptors (Lipinski definition) is 10. The largest absolute Gasteiger partial charge is 0.461 e. The number of rotatable bonds is 6. The zero-order valence-corrected chi connectivity index (χ0v) is 18.5. The van der Waals surface area contributed by atoms with Crippen LogP contribution in [0.4, 0.5) is 11.9 Å². The predicted octanol–water partition coefficient (Wildman–Crippen LogP) is 2.54.